The predicted molar refractivity (Wildman–Crippen MR) is 65.4 cm³/mol. The standard InChI is InChI=1S/C13H22N2/c1-9-6-7-11(8-10(9)2)12(15-14)13(3,4)5/h6-8,12,15H,14H2,1-5H3. The number of nitrogens with one attached hydrogen (secondary N) is 1. The molecule has 0 fully saturated rings. The van der Waals surface area contributed by atoms with Crippen molar-refractivity contribution in [3.63, 3.8) is 0 Å². The molecule has 84 valence electrons. The minimum atomic E-state index is 0.121. The highest BCUT2D eigenvalue weighted by Crippen LogP contribution is 2.32. The number of hydrogen-bond donors (Lipinski definition) is 2. The zero-order valence-corrected chi connectivity index (χ0v) is 10.4. The molecule has 0 spiro atoms. The third-order valence-electron chi connectivity index (χ3n) is 2.90. The fraction of sp³-hybridized carbons (Fsp3) is 0.538. The van der Waals surface area contributed by atoms with E-state index in [1.807, 2.05) is 0 Å². The van der Waals surface area contributed by atoms with Crippen LogP contribution in [0.25, 0.3) is 0 Å². The molecule has 0 heterocycles. The first-order valence-electron chi connectivity index (χ1n) is 5.39. The molecule has 3 N–H and O–H groups in total. The summed E-state index contributed by atoms with van der Waals surface area (Å²) in [5, 5.41) is 0. The molecular weight excluding hydrogens is 184 g/mol. The summed E-state index contributed by atoms with van der Waals surface area (Å²) in [4.78, 5) is 0. The molecule has 0 saturated carbocycles. The van der Waals surface area contributed by atoms with Crippen molar-refractivity contribution in [3.05, 3.63) is 34.9 Å². The van der Waals surface area contributed by atoms with Crippen LogP contribution in [0.3, 0.4) is 0 Å². The summed E-state index contributed by atoms with van der Waals surface area (Å²) in [6.45, 7) is 10.8. The fourth-order valence-electron chi connectivity index (χ4n) is 1.79. The largest absolute Gasteiger partial charge is 0.271 e. The van der Waals surface area contributed by atoms with E-state index in [0.717, 1.165) is 0 Å². The molecule has 1 aromatic rings. The van der Waals surface area contributed by atoms with E-state index in [-0.39, 0.29) is 11.5 Å². The van der Waals surface area contributed by atoms with Gasteiger partial charge >= 0.3 is 0 Å². The first-order valence-corrected chi connectivity index (χ1v) is 5.39. The van der Waals surface area contributed by atoms with Crippen LogP contribution in [0.15, 0.2) is 18.2 Å². The number of aryl methyl sites for hydroxylation is 2. The Morgan fingerprint density at radius 3 is 2.13 bits per heavy atom. The van der Waals surface area contributed by atoms with Crippen molar-refractivity contribution in [2.24, 2.45) is 11.3 Å². The Morgan fingerprint density at radius 1 is 1.13 bits per heavy atom. The van der Waals surface area contributed by atoms with Crippen molar-refractivity contribution in [1.29, 1.82) is 0 Å². The Bertz CT molecular complexity index is 337. The van der Waals surface area contributed by atoms with Gasteiger partial charge in [0, 0.05) is 0 Å². The molecule has 2 nitrogen and oxygen atoms in total. The van der Waals surface area contributed by atoms with Gasteiger partial charge in [-0.25, -0.2) is 0 Å². The summed E-state index contributed by atoms with van der Waals surface area (Å²) in [6, 6.07) is 6.71. The highest BCUT2D eigenvalue weighted by Gasteiger charge is 2.25. The Morgan fingerprint density at radius 2 is 1.73 bits per heavy atom. The molecule has 15 heavy (non-hydrogen) atoms. The quantitative estimate of drug-likeness (QED) is 0.577. The van der Waals surface area contributed by atoms with Gasteiger partial charge in [0.1, 0.15) is 0 Å². The van der Waals surface area contributed by atoms with Gasteiger partial charge in [0.2, 0.25) is 0 Å². The second kappa shape index (κ2) is 4.33. The van der Waals surface area contributed by atoms with Crippen LogP contribution in [0.1, 0.15) is 43.5 Å². The minimum absolute atomic E-state index is 0.121. The van der Waals surface area contributed by atoms with Crippen molar-refractivity contribution in [1.82, 2.24) is 5.43 Å². The zero-order chi connectivity index (χ0) is 11.6. The maximum atomic E-state index is 5.63. The van der Waals surface area contributed by atoms with Crippen LogP contribution in [0.2, 0.25) is 0 Å². The first-order chi connectivity index (χ1) is 6.86. The molecule has 0 aromatic heterocycles. The van der Waals surface area contributed by atoms with Gasteiger partial charge < -0.3 is 0 Å². The summed E-state index contributed by atoms with van der Waals surface area (Å²) in [7, 11) is 0. The van der Waals surface area contributed by atoms with Crippen molar-refractivity contribution >= 4 is 0 Å². The molecule has 0 aliphatic heterocycles. The molecule has 0 saturated heterocycles. The van der Waals surface area contributed by atoms with Crippen LogP contribution in [0, 0.1) is 19.3 Å². The van der Waals surface area contributed by atoms with Crippen molar-refractivity contribution in [3.8, 4) is 0 Å². The molecule has 1 aromatic carbocycles. The number of nitrogens with two attached hydrogens (primary N) is 1. The average molecular weight is 206 g/mol. The van der Waals surface area contributed by atoms with Crippen LogP contribution >= 0.6 is 0 Å². The third-order valence-corrected chi connectivity index (χ3v) is 2.90. The summed E-state index contributed by atoms with van der Waals surface area (Å²) in [5.41, 5.74) is 6.92. The smallest absolute Gasteiger partial charge is 0.0508 e. The Balaban J connectivity index is 3.08. The lowest BCUT2D eigenvalue weighted by molar-refractivity contribution is 0.275. The van der Waals surface area contributed by atoms with Gasteiger partial charge in [-0.1, -0.05) is 39.0 Å². The van der Waals surface area contributed by atoms with Gasteiger partial charge in [-0.15, -0.1) is 0 Å². The van der Waals surface area contributed by atoms with E-state index in [0.29, 0.717) is 0 Å². The lowest BCUT2D eigenvalue weighted by Crippen LogP contribution is -2.36. The molecular formula is C13H22N2. The molecule has 2 heteroatoms. The van der Waals surface area contributed by atoms with Crippen LogP contribution in [0.5, 0.6) is 0 Å². The number of benzene rings is 1. The summed E-state index contributed by atoms with van der Waals surface area (Å²) < 4.78 is 0. The molecule has 1 rings (SSSR count). The highest BCUT2D eigenvalue weighted by molar-refractivity contribution is 5.32. The van der Waals surface area contributed by atoms with Crippen LogP contribution in [0.4, 0.5) is 0 Å². The number of hydrazine groups is 1. The van der Waals surface area contributed by atoms with E-state index in [1.54, 1.807) is 0 Å². The van der Waals surface area contributed by atoms with E-state index in [4.69, 9.17) is 5.84 Å². The Labute approximate surface area is 92.8 Å². The van der Waals surface area contributed by atoms with Crippen molar-refractivity contribution in [2.45, 2.75) is 40.7 Å². The van der Waals surface area contributed by atoms with Gasteiger partial charge in [0.15, 0.2) is 0 Å². The van der Waals surface area contributed by atoms with Crippen molar-refractivity contribution < 1.29 is 0 Å². The number of hydrogen-bond acceptors (Lipinski definition) is 2. The molecule has 0 amide bonds. The third kappa shape index (κ3) is 2.80. The second-order valence-corrected chi connectivity index (χ2v) is 5.31. The van der Waals surface area contributed by atoms with Gasteiger partial charge in [-0.05, 0) is 36.0 Å². The Kier molecular flexibility index (Phi) is 3.53. The molecule has 0 aliphatic rings. The van der Waals surface area contributed by atoms with E-state index in [9.17, 15) is 0 Å². The van der Waals surface area contributed by atoms with Crippen LogP contribution in [-0.2, 0) is 0 Å². The van der Waals surface area contributed by atoms with Crippen molar-refractivity contribution in [2.75, 3.05) is 0 Å². The monoisotopic (exact) mass is 206 g/mol. The summed E-state index contributed by atoms with van der Waals surface area (Å²) >= 11 is 0. The maximum absolute atomic E-state index is 5.63. The summed E-state index contributed by atoms with van der Waals surface area (Å²) in [6.07, 6.45) is 0. The van der Waals surface area contributed by atoms with E-state index < -0.39 is 0 Å². The Hall–Kier alpha value is -0.860. The van der Waals surface area contributed by atoms with Gasteiger partial charge in [0.25, 0.3) is 0 Å². The normalized spacial score (nSPS) is 14.0. The highest BCUT2D eigenvalue weighted by atomic mass is 15.2. The van der Waals surface area contributed by atoms with E-state index in [2.05, 4.69) is 58.2 Å². The minimum Gasteiger partial charge on any atom is -0.271 e. The number of rotatable bonds is 2. The lowest BCUT2D eigenvalue weighted by Gasteiger charge is -2.30. The molecule has 0 bridgehead atoms. The van der Waals surface area contributed by atoms with Gasteiger partial charge in [-0.2, -0.15) is 0 Å². The molecule has 0 radical (unpaired) electrons. The topological polar surface area (TPSA) is 38.0 Å². The van der Waals surface area contributed by atoms with Gasteiger partial charge in [0.05, 0.1) is 6.04 Å². The van der Waals surface area contributed by atoms with Crippen LogP contribution < -0.4 is 11.3 Å². The molecule has 0 aliphatic carbocycles. The average Bonchev–Trinajstić information content (AvgIpc) is 2.10. The zero-order valence-electron chi connectivity index (χ0n) is 10.4. The molecule has 1 atom stereocenters. The van der Waals surface area contributed by atoms with E-state index in [1.165, 1.54) is 16.7 Å². The SMILES string of the molecule is Cc1ccc(C(NN)C(C)(C)C)cc1C. The fourth-order valence-corrected chi connectivity index (χ4v) is 1.79. The van der Waals surface area contributed by atoms with E-state index >= 15 is 0 Å². The van der Waals surface area contributed by atoms with Crippen LogP contribution in [-0.4, -0.2) is 0 Å². The predicted octanol–water partition coefficient (Wildman–Crippen LogP) is 2.85. The lowest BCUT2D eigenvalue weighted by atomic mass is 9.82. The van der Waals surface area contributed by atoms with Gasteiger partial charge in [-0.3, -0.25) is 11.3 Å². The second-order valence-electron chi connectivity index (χ2n) is 5.31. The molecule has 1 unspecified atom stereocenters. The first kappa shape index (κ1) is 12.2. The maximum Gasteiger partial charge on any atom is 0.0508 e. The summed E-state index contributed by atoms with van der Waals surface area (Å²) in [5.74, 6) is 5.63.